The van der Waals surface area contributed by atoms with Gasteiger partial charge in [-0.05, 0) is 42.2 Å². The van der Waals surface area contributed by atoms with Crippen molar-refractivity contribution in [3.8, 4) is 5.75 Å². The highest BCUT2D eigenvalue weighted by atomic mass is 35.5. The molecule has 2 aromatic carbocycles. The fraction of sp³-hybridized carbons (Fsp3) is 0.294. The minimum Gasteiger partial charge on any atom is -0.493 e. The van der Waals surface area contributed by atoms with E-state index in [1.165, 1.54) is 22.3 Å². The van der Waals surface area contributed by atoms with E-state index in [0.717, 1.165) is 24.3 Å². The lowest BCUT2D eigenvalue weighted by atomic mass is 9.96. The summed E-state index contributed by atoms with van der Waals surface area (Å²) >= 11 is 6.67. The molecule has 0 aromatic heterocycles. The molecule has 0 fully saturated rings. The SMILES string of the molecule is Cc1ccc(C)c(C(Cl)c2ccc3c(c2)CCO3)c1. The molecule has 0 saturated heterocycles. The molecule has 2 heteroatoms. The largest absolute Gasteiger partial charge is 0.493 e. The Morgan fingerprint density at radius 3 is 2.79 bits per heavy atom. The second kappa shape index (κ2) is 4.90. The lowest BCUT2D eigenvalue weighted by molar-refractivity contribution is 0.357. The first-order valence-corrected chi connectivity index (χ1v) is 7.05. The third kappa shape index (κ3) is 2.35. The predicted molar refractivity (Wildman–Crippen MR) is 79.3 cm³/mol. The van der Waals surface area contributed by atoms with Crippen molar-refractivity contribution in [1.82, 2.24) is 0 Å². The van der Waals surface area contributed by atoms with Gasteiger partial charge in [0.05, 0.1) is 12.0 Å². The number of benzene rings is 2. The van der Waals surface area contributed by atoms with Crippen molar-refractivity contribution < 1.29 is 4.74 Å². The maximum atomic E-state index is 6.67. The van der Waals surface area contributed by atoms with Crippen LogP contribution in [-0.2, 0) is 6.42 Å². The summed E-state index contributed by atoms with van der Waals surface area (Å²) < 4.78 is 5.54. The van der Waals surface area contributed by atoms with Crippen molar-refractivity contribution in [3.63, 3.8) is 0 Å². The molecule has 1 atom stereocenters. The molecule has 0 amide bonds. The van der Waals surface area contributed by atoms with Crippen LogP contribution in [0.4, 0.5) is 0 Å². The highest BCUT2D eigenvalue weighted by molar-refractivity contribution is 6.22. The normalized spacial score (nSPS) is 14.9. The van der Waals surface area contributed by atoms with Crippen LogP contribution in [0.5, 0.6) is 5.75 Å². The lowest BCUT2D eigenvalue weighted by Gasteiger charge is -2.15. The molecule has 0 N–H and O–H groups in total. The van der Waals surface area contributed by atoms with Crippen LogP contribution < -0.4 is 4.74 Å². The molecule has 0 saturated carbocycles. The van der Waals surface area contributed by atoms with Crippen LogP contribution in [0.15, 0.2) is 36.4 Å². The molecule has 2 aromatic rings. The second-order valence-electron chi connectivity index (χ2n) is 5.19. The molecule has 1 unspecified atom stereocenters. The Balaban J connectivity index is 1.99. The van der Waals surface area contributed by atoms with Gasteiger partial charge >= 0.3 is 0 Å². The van der Waals surface area contributed by atoms with E-state index in [9.17, 15) is 0 Å². The van der Waals surface area contributed by atoms with Crippen LogP contribution in [0.2, 0.25) is 0 Å². The number of halogens is 1. The molecule has 1 heterocycles. The van der Waals surface area contributed by atoms with Gasteiger partial charge in [0.2, 0.25) is 0 Å². The summed E-state index contributed by atoms with van der Waals surface area (Å²) in [4.78, 5) is 0. The van der Waals surface area contributed by atoms with Gasteiger partial charge in [0, 0.05) is 6.42 Å². The summed E-state index contributed by atoms with van der Waals surface area (Å²) in [7, 11) is 0. The Hall–Kier alpha value is -1.47. The van der Waals surface area contributed by atoms with E-state index < -0.39 is 0 Å². The van der Waals surface area contributed by atoms with E-state index in [4.69, 9.17) is 16.3 Å². The van der Waals surface area contributed by atoms with Crippen LogP contribution in [-0.4, -0.2) is 6.61 Å². The topological polar surface area (TPSA) is 9.23 Å². The van der Waals surface area contributed by atoms with E-state index in [2.05, 4.69) is 44.2 Å². The molecule has 98 valence electrons. The summed E-state index contributed by atoms with van der Waals surface area (Å²) in [6.45, 7) is 5.00. The predicted octanol–water partition coefficient (Wildman–Crippen LogP) is 4.57. The third-order valence-electron chi connectivity index (χ3n) is 3.71. The molecule has 1 nitrogen and oxygen atoms in total. The van der Waals surface area contributed by atoms with Gasteiger partial charge in [-0.2, -0.15) is 0 Å². The van der Waals surface area contributed by atoms with Gasteiger partial charge in [-0.3, -0.25) is 0 Å². The van der Waals surface area contributed by atoms with Crippen molar-refractivity contribution in [3.05, 3.63) is 64.2 Å². The zero-order valence-electron chi connectivity index (χ0n) is 11.2. The number of ether oxygens (including phenoxy) is 1. The van der Waals surface area contributed by atoms with Crippen LogP contribution in [0.1, 0.15) is 33.2 Å². The van der Waals surface area contributed by atoms with Gasteiger partial charge < -0.3 is 4.74 Å². The first kappa shape index (κ1) is 12.6. The monoisotopic (exact) mass is 272 g/mol. The first-order valence-electron chi connectivity index (χ1n) is 6.62. The van der Waals surface area contributed by atoms with Crippen LogP contribution >= 0.6 is 11.6 Å². The maximum absolute atomic E-state index is 6.67. The van der Waals surface area contributed by atoms with Crippen molar-refractivity contribution in [2.75, 3.05) is 6.61 Å². The zero-order valence-corrected chi connectivity index (χ0v) is 12.0. The molecule has 0 aliphatic carbocycles. The standard InChI is InChI=1S/C17H17ClO/c1-11-3-4-12(2)15(9-11)17(18)14-5-6-16-13(10-14)7-8-19-16/h3-6,9-10,17H,7-8H2,1-2H3. The molecule has 0 bridgehead atoms. The van der Waals surface area contributed by atoms with E-state index in [-0.39, 0.29) is 5.38 Å². The summed E-state index contributed by atoms with van der Waals surface area (Å²) in [5, 5.41) is -0.0919. The molecule has 1 aliphatic heterocycles. The Morgan fingerprint density at radius 1 is 1.11 bits per heavy atom. The van der Waals surface area contributed by atoms with E-state index in [1.807, 2.05) is 6.07 Å². The van der Waals surface area contributed by atoms with Gasteiger partial charge in [0.25, 0.3) is 0 Å². The average Bonchev–Trinajstić information content (AvgIpc) is 2.88. The number of aryl methyl sites for hydroxylation is 2. The quantitative estimate of drug-likeness (QED) is 0.728. The van der Waals surface area contributed by atoms with Crippen molar-refractivity contribution >= 4 is 11.6 Å². The van der Waals surface area contributed by atoms with Gasteiger partial charge in [-0.1, -0.05) is 35.9 Å². The Bertz CT molecular complexity index is 619. The second-order valence-corrected chi connectivity index (χ2v) is 5.62. The third-order valence-corrected chi connectivity index (χ3v) is 4.20. The van der Waals surface area contributed by atoms with Crippen LogP contribution in [0.25, 0.3) is 0 Å². The zero-order chi connectivity index (χ0) is 13.4. The van der Waals surface area contributed by atoms with Crippen molar-refractivity contribution in [2.24, 2.45) is 0 Å². The summed E-state index contributed by atoms with van der Waals surface area (Å²) in [6.07, 6.45) is 0.986. The molecule has 19 heavy (non-hydrogen) atoms. The van der Waals surface area contributed by atoms with Gasteiger partial charge in [0.15, 0.2) is 0 Å². The molecule has 0 radical (unpaired) electrons. The first-order chi connectivity index (χ1) is 9.15. The molecule has 0 spiro atoms. The number of rotatable bonds is 2. The molecular weight excluding hydrogens is 256 g/mol. The number of alkyl halides is 1. The summed E-state index contributed by atoms with van der Waals surface area (Å²) in [6, 6.07) is 12.7. The highest BCUT2D eigenvalue weighted by Crippen LogP contribution is 2.35. The molecular formula is C17H17ClO. The van der Waals surface area contributed by atoms with Crippen molar-refractivity contribution in [1.29, 1.82) is 0 Å². The van der Waals surface area contributed by atoms with E-state index in [0.29, 0.717) is 0 Å². The number of fused-ring (bicyclic) bond motifs is 1. The van der Waals surface area contributed by atoms with Gasteiger partial charge in [-0.15, -0.1) is 11.6 Å². The van der Waals surface area contributed by atoms with Crippen LogP contribution in [0, 0.1) is 13.8 Å². The smallest absolute Gasteiger partial charge is 0.122 e. The lowest BCUT2D eigenvalue weighted by Crippen LogP contribution is -1.97. The van der Waals surface area contributed by atoms with Gasteiger partial charge in [-0.25, -0.2) is 0 Å². The fourth-order valence-corrected chi connectivity index (χ4v) is 2.95. The van der Waals surface area contributed by atoms with E-state index in [1.54, 1.807) is 0 Å². The minimum atomic E-state index is -0.0919. The number of hydrogen-bond acceptors (Lipinski definition) is 1. The Morgan fingerprint density at radius 2 is 1.95 bits per heavy atom. The van der Waals surface area contributed by atoms with Gasteiger partial charge in [0.1, 0.15) is 5.75 Å². The summed E-state index contributed by atoms with van der Waals surface area (Å²) in [5.41, 5.74) is 6.10. The van der Waals surface area contributed by atoms with Crippen LogP contribution in [0.3, 0.4) is 0 Å². The number of hydrogen-bond donors (Lipinski definition) is 0. The maximum Gasteiger partial charge on any atom is 0.122 e. The molecule has 1 aliphatic rings. The van der Waals surface area contributed by atoms with E-state index >= 15 is 0 Å². The fourth-order valence-electron chi connectivity index (χ4n) is 2.58. The van der Waals surface area contributed by atoms with Crippen molar-refractivity contribution in [2.45, 2.75) is 25.6 Å². The highest BCUT2D eigenvalue weighted by Gasteiger charge is 2.18. The Kier molecular flexibility index (Phi) is 3.24. The summed E-state index contributed by atoms with van der Waals surface area (Å²) in [5.74, 6) is 1.01. The molecule has 3 rings (SSSR count). The minimum absolute atomic E-state index is 0.0919. The average molecular weight is 273 g/mol. The Labute approximate surface area is 119 Å².